The molecule has 0 radical (unpaired) electrons. The minimum atomic E-state index is -1.83. The minimum absolute atomic E-state index is 0. The maximum Gasteiger partial charge on any atom is 1.00 e. The van der Waals surface area contributed by atoms with Crippen LogP contribution in [0.2, 0.25) is 0 Å². The number of aliphatic hydroxyl groups is 3. The fraction of sp³-hybridized carbons (Fsp3) is 0.812. The van der Waals surface area contributed by atoms with Crippen LogP contribution in [0, 0.1) is 0 Å². The maximum atomic E-state index is 11.5. The summed E-state index contributed by atoms with van der Waals surface area (Å²) in [6, 6.07) is -1.08. The van der Waals surface area contributed by atoms with Gasteiger partial charge in [-0.25, -0.2) is 4.79 Å². The van der Waals surface area contributed by atoms with Gasteiger partial charge < -0.3 is 54.6 Å². The van der Waals surface area contributed by atoms with Crippen LogP contribution in [0.4, 0.5) is 0 Å². The molecule has 5 N–H and O–H groups in total. The smallest absolute Gasteiger partial charge is 0.547 e. The molecular formula is C16H24NNaO12. The SMILES string of the molecule is COC1C(C(=O)[O-])OC(OC2C(O)C(C(=O)O)O[C@H](C)C2NC(C)=O)C(O)C1O.[Na+]. The van der Waals surface area contributed by atoms with Crippen molar-refractivity contribution in [3.05, 3.63) is 0 Å². The Kier molecular flexibility index (Phi) is 10.1. The van der Waals surface area contributed by atoms with E-state index in [1.807, 2.05) is 0 Å². The van der Waals surface area contributed by atoms with E-state index in [1.165, 1.54) is 13.8 Å². The van der Waals surface area contributed by atoms with Crippen molar-refractivity contribution in [2.75, 3.05) is 7.11 Å². The van der Waals surface area contributed by atoms with E-state index >= 15 is 0 Å². The van der Waals surface area contributed by atoms with Crippen molar-refractivity contribution in [1.82, 2.24) is 5.32 Å². The zero-order valence-electron chi connectivity index (χ0n) is 16.8. The molecule has 9 unspecified atom stereocenters. The number of aliphatic carboxylic acids is 2. The Morgan fingerprint density at radius 1 is 1.00 bits per heavy atom. The third-order valence-electron chi connectivity index (χ3n) is 4.82. The monoisotopic (exact) mass is 445 g/mol. The van der Waals surface area contributed by atoms with Gasteiger partial charge in [0.1, 0.15) is 36.6 Å². The number of rotatable bonds is 6. The second kappa shape index (κ2) is 11.1. The molecule has 0 aromatic heterocycles. The summed E-state index contributed by atoms with van der Waals surface area (Å²) in [5.74, 6) is -3.80. The predicted molar refractivity (Wildman–Crippen MR) is 86.9 cm³/mol. The van der Waals surface area contributed by atoms with Gasteiger partial charge in [0.25, 0.3) is 0 Å². The molecule has 2 aliphatic rings. The molecule has 2 aliphatic heterocycles. The molecule has 10 atom stereocenters. The fourth-order valence-corrected chi connectivity index (χ4v) is 3.41. The van der Waals surface area contributed by atoms with Gasteiger partial charge in [0.05, 0.1) is 18.1 Å². The van der Waals surface area contributed by atoms with E-state index in [2.05, 4.69) is 5.32 Å². The van der Waals surface area contributed by atoms with Crippen molar-refractivity contribution in [1.29, 1.82) is 0 Å². The van der Waals surface area contributed by atoms with Crippen molar-refractivity contribution < 1.29 is 88.4 Å². The quantitative estimate of drug-likeness (QED) is 0.242. The zero-order chi connectivity index (χ0) is 22.0. The van der Waals surface area contributed by atoms with Gasteiger partial charge in [0.15, 0.2) is 12.4 Å². The predicted octanol–water partition coefficient (Wildman–Crippen LogP) is -7.68. The molecule has 14 heteroatoms. The van der Waals surface area contributed by atoms with Crippen LogP contribution in [0.3, 0.4) is 0 Å². The normalized spacial score (nSPS) is 41.4. The van der Waals surface area contributed by atoms with Crippen LogP contribution in [0.1, 0.15) is 13.8 Å². The van der Waals surface area contributed by atoms with Gasteiger partial charge in [-0.3, -0.25) is 4.79 Å². The van der Waals surface area contributed by atoms with E-state index in [4.69, 9.17) is 18.9 Å². The van der Waals surface area contributed by atoms with Crippen LogP contribution in [0.25, 0.3) is 0 Å². The van der Waals surface area contributed by atoms with Crippen LogP contribution in [0.5, 0.6) is 0 Å². The Morgan fingerprint density at radius 3 is 2.07 bits per heavy atom. The first-order valence-electron chi connectivity index (χ1n) is 8.73. The number of hydrogen-bond donors (Lipinski definition) is 5. The van der Waals surface area contributed by atoms with Gasteiger partial charge in [0, 0.05) is 14.0 Å². The molecule has 0 aromatic carbocycles. The van der Waals surface area contributed by atoms with Crippen molar-refractivity contribution in [2.45, 2.75) is 75.0 Å². The van der Waals surface area contributed by atoms with Crippen LogP contribution >= 0.6 is 0 Å². The number of aliphatic hydroxyl groups excluding tert-OH is 3. The molecule has 0 bridgehead atoms. The second-order valence-electron chi connectivity index (χ2n) is 6.84. The molecule has 166 valence electrons. The Balaban J connectivity index is 0.00000450. The van der Waals surface area contributed by atoms with Gasteiger partial charge >= 0.3 is 35.5 Å². The molecule has 0 aromatic rings. The van der Waals surface area contributed by atoms with E-state index in [-0.39, 0.29) is 29.6 Å². The summed E-state index contributed by atoms with van der Waals surface area (Å²) in [5, 5.41) is 53.8. The van der Waals surface area contributed by atoms with Crippen molar-refractivity contribution in [2.24, 2.45) is 0 Å². The van der Waals surface area contributed by atoms with E-state index in [0.29, 0.717) is 0 Å². The third kappa shape index (κ3) is 5.68. The molecule has 13 nitrogen and oxygen atoms in total. The zero-order valence-corrected chi connectivity index (χ0v) is 18.8. The van der Waals surface area contributed by atoms with Gasteiger partial charge in [-0.2, -0.15) is 0 Å². The summed E-state index contributed by atoms with van der Waals surface area (Å²) in [7, 11) is 1.09. The van der Waals surface area contributed by atoms with Crippen molar-refractivity contribution >= 4 is 17.8 Å². The fourth-order valence-electron chi connectivity index (χ4n) is 3.41. The molecule has 2 saturated heterocycles. The topological polar surface area (TPSA) is 204 Å². The molecule has 0 spiro atoms. The largest absolute Gasteiger partial charge is 1.00 e. The van der Waals surface area contributed by atoms with Gasteiger partial charge in [-0.05, 0) is 6.92 Å². The van der Waals surface area contributed by atoms with Crippen LogP contribution < -0.4 is 40.0 Å². The standard InChI is InChI=1S/C16H25NO12.Na/c1-4-6(17-5(2)18)10(9(21)12(27-4)14(22)23)28-16-8(20)7(19)11(26-3)13(29-16)15(24)25;/h4,6-13,16,19-21H,1-3H3,(H,17,18)(H,22,23)(H,24,25);/q;+1/p-1/t4-,6?,7?,8?,9?,10?,11?,12?,13?,16?;/m1./s1. The molecule has 0 saturated carbocycles. The van der Waals surface area contributed by atoms with Gasteiger partial charge in [0.2, 0.25) is 5.91 Å². The van der Waals surface area contributed by atoms with Gasteiger partial charge in [-0.15, -0.1) is 0 Å². The first-order chi connectivity index (χ1) is 13.5. The second-order valence-corrected chi connectivity index (χ2v) is 6.84. The number of hydrogen-bond acceptors (Lipinski definition) is 11. The average molecular weight is 445 g/mol. The van der Waals surface area contributed by atoms with Gasteiger partial charge in [-0.1, -0.05) is 0 Å². The number of carboxylic acids is 2. The van der Waals surface area contributed by atoms with Crippen LogP contribution in [0.15, 0.2) is 0 Å². The number of ether oxygens (including phenoxy) is 4. The Morgan fingerprint density at radius 2 is 1.60 bits per heavy atom. The number of nitrogens with one attached hydrogen (secondary N) is 1. The number of carbonyl (C=O) groups excluding carboxylic acids is 2. The van der Waals surface area contributed by atoms with E-state index in [1.54, 1.807) is 0 Å². The minimum Gasteiger partial charge on any atom is -0.547 e. The summed E-state index contributed by atoms with van der Waals surface area (Å²) in [5.41, 5.74) is 0. The third-order valence-corrected chi connectivity index (χ3v) is 4.82. The van der Waals surface area contributed by atoms with E-state index in [9.17, 15) is 39.9 Å². The molecule has 1 amide bonds. The number of methoxy groups -OCH3 is 1. The van der Waals surface area contributed by atoms with Crippen molar-refractivity contribution in [3.8, 4) is 0 Å². The summed E-state index contributed by atoms with van der Waals surface area (Å²) in [4.78, 5) is 34.2. The maximum absolute atomic E-state index is 11.5. The molecular weight excluding hydrogens is 421 g/mol. The number of carboxylic acid groups (broad SMARTS) is 2. The van der Waals surface area contributed by atoms with E-state index < -0.39 is 79.0 Å². The van der Waals surface area contributed by atoms with Crippen LogP contribution in [-0.4, -0.2) is 107 Å². The number of carbonyl (C=O) groups is 3. The summed E-state index contributed by atoms with van der Waals surface area (Å²) in [6.45, 7) is 2.60. The first-order valence-corrected chi connectivity index (χ1v) is 8.73. The Bertz CT molecular complexity index is 635. The van der Waals surface area contributed by atoms with Crippen LogP contribution in [-0.2, 0) is 33.3 Å². The molecule has 30 heavy (non-hydrogen) atoms. The van der Waals surface area contributed by atoms with E-state index in [0.717, 1.165) is 7.11 Å². The first kappa shape index (κ1) is 27.2. The average Bonchev–Trinajstić information content (AvgIpc) is 2.63. The Labute approximate surface area is 193 Å². The Hall–Kier alpha value is -0.870. The number of amides is 1. The molecule has 2 fully saturated rings. The molecule has 2 rings (SSSR count). The summed E-state index contributed by atoms with van der Waals surface area (Å²) >= 11 is 0. The van der Waals surface area contributed by atoms with Crippen molar-refractivity contribution in [3.63, 3.8) is 0 Å². The summed E-state index contributed by atoms with van der Waals surface area (Å²) in [6.07, 6.45) is -14.7. The molecule has 0 aliphatic carbocycles. The molecule has 2 heterocycles. The summed E-state index contributed by atoms with van der Waals surface area (Å²) < 4.78 is 20.7.